The van der Waals surface area contributed by atoms with E-state index in [-0.39, 0.29) is 6.10 Å². The summed E-state index contributed by atoms with van der Waals surface area (Å²) in [6.45, 7) is 1.29. The molecular weight excluding hydrogens is 262 g/mol. The lowest BCUT2D eigenvalue weighted by Crippen LogP contribution is -2.51. The number of pyridine rings is 2. The first kappa shape index (κ1) is 11.4. The first-order chi connectivity index (χ1) is 9.22. The second-order valence-corrected chi connectivity index (χ2v) is 5.81. The van der Waals surface area contributed by atoms with Gasteiger partial charge in [0.05, 0.1) is 6.10 Å². The standard InChI is InChI=1S/C14H14ClN3O/c15-13-3-10-11(8-1-2-8)4-17-14(12(10)5-16-13)18-6-9(19)7-18/h3-5,8-9,19H,1-2,6-7H2. The van der Waals surface area contributed by atoms with Gasteiger partial charge in [-0.05, 0) is 35.8 Å². The highest BCUT2D eigenvalue weighted by molar-refractivity contribution is 6.30. The van der Waals surface area contributed by atoms with Crippen molar-refractivity contribution in [1.29, 1.82) is 0 Å². The third kappa shape index (κ3) is 1.86. The average molecular weight is 276 g/mol. The molecule has 1 aliphatic carbocycles. The van der Waals surface area contributed by atoms with Gasteiger partial charge in [0.1, 0.15) is 11.0 Å². The van der Waals surface area contributed by atoms with Crippen LogP contribution in [0.15, 0.2) is 18.5 Å². The van der Waals surface area contributed by atoms with Crippen LogP contribution >= 0.6 is 11.6 Å². The number of hydrogen-bond acceptors (Lipinski definition) is 4. The van der Waals surface area contributed by atoms with Crippen molar-refractivity contribution in [2.45, 2.75) is 24.9 Å². The molecule has 0 amide bonds. The molecular formula is C14H14ClN3O. The number of nitrogens with zero attached hydrogens (tertiary/aromatic N) is 3. The normalized spacial score (nSPS) is 19.8. The minimum Gasteiger partial charge on any atom is -0.389 e. The van der Waals surface area contributed by atoms with Gasteiger partial charge in [0.15, 0.2) is 0 Å². The van der Waals surface area contributed by atoms with Crippen LogP contribution in [0.4, 0.5) is 5.82 Å². The number of rotatable bonds is 2. The Labute approximate surface area is 116 Å². The molecule has 2 aromatic heterocycles. The van der Waals surface area contributed by atoms with E-state index in [0.717, 1.165) is 16.6 Å². The number of anilines is 1. The van der Waals surface area contributed by atoms with Gasteiger partial charge in [-0.3, -0.25) is 0 Å². The number of aliphatic hydroxyl groups excluding tert-OH is 1. The van der Waals surface area contributed by atoms with E-state index in [1.165, 1.54) is 18.4 Å². The van der Waals surface area contributed by atoms with Crippen LogP contribution in [0.3, 0.4) is 0 Å². The van der Waals surface area contributed by atoms with E-state index in [4.69, 9.17) is 11.6 Å². The minimum atomic E-state index is -0.236. The van der Waals surface area contributed by atoms with E-state index in [1.54, 1.807) is 6.20 Å². The topological polar surface area (TPSA) is 49.2 Å². The number of aromatic nitrogens is 2. The van der Waals surface area contributed by atoms with Gasteiger partial charge in [-0.25, -0.2) is 9.97 Å². The Kier molecular flexibility index (Phi) is 2.44. The molecule has 2 aromatic rings. The Morgan fingerprint density at radius 1 is 1.16 bits per heavy atom. The Morgan fingerprint density at radius 3 is 2.63 bits per heavy atom. The lowest BCUT2D eigenvalue weighted by atomic mass is 10.0. The van der Waals surface area contributed by atoms with Gasteiger partial charge in [-0.15, -0.1) is 0 Å². The third-order valence-corrected chi connectivity index (χ3v) is 4.13. The van der Waals surface area contributed by atoms with Gasteiger partial charge in [-0.2, -0.15) is 0 Å². The number of halogens is 1. The van der Waals surface area contributed by atoms with E-state index in [0.29, 0.717) is 24.2 Å². The Bertz CT molecular complexity index is 650. The van der Waals surface area contributed by atoms with Crippen molar-refractivity contribution in [3.8, 4) is 0 Å². The molecule has 1 N–H and O–H groups in total. The maximum atomic E-state index is 9.44. The fourth-order valence-corrected chi connectivity index (χ4v) is 2.87. The summed E-state index contributed by atoms with van der Waals surface area (Å²) in [5.41, 5.74) is 1.28. The zero-order valence-corrected chi connectivity index (χ0v) is 11.1. The number of hydrogen-bond donors (Lipinski definition) is 1. The van der Waals surface area contributed by atoms with Crippen molar-refractivity contribution in [2.24, 2.45) is 0 Å². The molecule has 0 radical (unpaired) electrons. The van der Waals surface area contributed by atoms with Gasteiger partial charge in [0, 0.05) is 30.9 Å². The minimum absolute atomic E-state index is 0.236. The summed E-state index contributed by atoms with van der Waals surface area (Å²) in [4.78, 5) is 10.9. The Hall–Kier alpha value is -1.39. The second kappa shape index (κ2) is 4.05. The van der Waals surface area contributed by atoms with Crippen molar-refractivity contribution in [2.75, 3.05) is 18.0 Å². The lowest BCUT2D eigenvalue weighted by molar-refractivity contribution is 0.141. The summed E-state index contributed by atoms with van der Waals surface area (Å²) in [5, 5.41) is 12.2. The van der Waals surface area contributed by atoms with Crippen molar-refractivity contribution < 1.29 is 5.11 Å². The van der Waals surface area contributed by atoms with Crippen LogP contribution in [0.1, 0.15) is 24.3 Å². The molecule has 19 heavy (non-hydrogen) atoms. The number of fused-ring (bicyclic) bond motifs is 1. The highest BCUT2D eigenvalue weighted by Gasteiger charge is 2.30. The molecule has 0 spiro atoms. The highest BCUT2D eigenvalue weighted by Crippen LogP contribution is 2.44. The van der Waals surface area contributed by atoms with E-state index in [9.17, 15) is 5.11 Å². The van der Waals surface area contributed by atoms with E-state index < -0.39 is 0 Å². The van der Waals surface area contributed by atoms with Crippen molar-refractivity contribution in [3.63, 3.8) is 0 Å². The molecule has 0 atom stereocenters. The first-order valence-electron chi connectivity index (χ1n) is 6.59. The quantitative estimate of drug-likeness (QED) is 0.855. The molecule has 1 saturated carbocycles. The monoisotopic (exact) mass is 275 g/mol. The molecule has 5 heteroatoms. The smallest absolute Gasteiger partial charge is 0.138 e. The molecule has 0 aromatic carbocycles. The van der Waals surface area contributed by atoms with Gasteiger partial charge in [0.25, 0.3) is 0 Å². The van der Waals surface area contributed by atoms with E-state index in [1.807, 2.05) is 12.3 Å². The summed E-state index contributed by atoms with van der Waals surface area (Å²) in [6, 6.07) is 1.94. The first-order valence-corrected chi connectivity index (χ1v) is 6.97. The van der Waals surface area contributed by atoms with E-state index in [2.05, 4.69) is 14.9 Å². The molecule has 1 aliphatic heterocycles. The van der Waals surface area contributed by atoms with Crippen molar-refractivity contribution in [1.82, 2.24) is 9.97 Å². The fourth-order valence-electron chi connectivity index (χ4n) is 2.72. The molecule has 2 aliphatic rings. The van der Waals surface area contributed by atoms with Gasteiger partial charge in [-0.1, -0.05) is 11.6 Å². The second-order valence-electron chi connectivity index (χ2n) is 5.42. The summed E-state index contributed by atoms with van der Waals surface area (Å²) in [5.74, 6) is 1.54. The molecule has 4 nitrogen and oxygen atoms in total. The fraction of sp³-hybridized carbons (Fsp3) is 0.429. The van der Waals surface area contributed by atoms with E-state index >= 15 is 0 Å². The van der Waals surface area contributed by atoms with Crippen LogP contribution in [0.2, 0.25) is 5.15 Å². The predicted molar refractivity (Wildman–Crippen MR) is 74.7 cm³/mol. The van der Waals surface area contributed by atoms with Crippen molar-refractivity contribution in [3.05, 3.63) is 29.2 Å². The Balaban J connectivity index is 1.88. The largest absolute Gasteiger partial charge is 0.389 e. The summed E-state index contributed by atoms with van der Waals surface area (Å²) < 4.78 is 0. The van der Waals surface area contributed by atoms with Crippen LogP contribution in [-0.2, 0) is 0 Å². The number of aliphatic hydroxyl groups is 1. The van der Waals surface area contributed by atoms with Crippen LogP contribution in [0.5, 0.6) is 0 Å². The van der Waals surface area contributed by atoms with Crippen LogP contribution in [0.25, 0.3) is 10.8 Å². The SMILES string of the molecule is OC1CN(c2ncc(C3CC3)c3cc(Cl)ncc23)C1. The van der Waals surface area contributed by atoms with Crippen LogP contribution in [0, 0.1) is 0 Å². The molecule has 98 valence electrons. The van der Waals surface area contributed by atoms with Gasteiger partial charge < -0.3 is 10.0 Å². The summed E-state index contributed by atoms with van der Waals surface area (Å²) in [6.07, 6.45) is 6.00. The Morgan fingerprint density at radius 2 is 1.95 bits per heavy atom. The zero-order valence-electron chi connectivity index (χ0n) is 10.4. The molecule has 4 rings (SSSR count). The maximum Gasteiger partial charge on any atom is 0.138 e. The van der Waals surface area contributed by atoms with Crippen LogP contribution < -0.4 is 4.90 Å². The van der Waals surface area contributed by atoms with Crippen LogP contribution in [-0.4, -0.2) is 34.3 Å². The third-order valence-electron chi connectivity index (χ3n) is 3.93. The zero-order chi connectivity index (χ0) is 13.0. The highest BCUT2D eigenvalue weighted by atomic mass is 35.5. The number of β-amino-alcohol motifs (C(OH)–C–C–N with tert-alkyl or cyclic N) is 1. The summed E-state index contributed by atoms with van der Waals surface area (Å²) >= 11 is 6.03. The maximum absolute atomic E-state index is 9.44. The predicted octanol–water partition coefficient (Wildman–Crippen LogP) is 2.34. The molecule has 1 saturated heterocycles. The average Bonchev–Trinajstić information content (AvgIpc) is 3.18. The van der Waals surface area contributed by atoms with Crippen molar-refractivity contribution >= 4 is 28.2 Å². The van der Waals surface area contributed by atoms with Gasteiger partial charge >= 0.3 is 0 Å². The molecule has 0 bridgehead atoms. The summed E-state index contributed by atoms with van der Waals surface area (Å²) in [7, 11) is 0. The molecule has 0 unspecified atom stereocenters. The van der Waals surface area contributed by atoms with Gasteiger partial charge in [0.2, 0.25) is 0 Å². The molecule has 3 heterocycles. The lowest BCUT2D eigenvalue weighted by Gasteiger charge is -2.37. The molecule has 2 fully saturated rings.